The van der Waals surface area contributed by atoms with Crippen LogP contribution in [-0.4, -0.2) is 31.3 Å². The largest absolute Gasteiger partial charge is 0.444 e. The van der Waals surface area contributed by atoms with E-state index in [4.69, 9.17) is 16.3 Å². The summed E-state index contributed by atoms with van der Waals surface area (Å²) >= 11 is 6.29. The topological polar surface area (TPSA) is 109 Å². The van der Waals surface area contributed by atoms with Gasteiger partial charge in [0.2, 0.25) is 0 Å². The molecule has 2 aromatic carbocycles. The minimum Gasteiger partial charge on any atom is -0.444 e. The molecule has 0 fully saturated rings. The highest BCUT2D eigenvalue weighted by Gasteiger charge is 2.28. The number of hydrogen-bond donors (Lipinski definition) is 3. The molecule has 4 aromatic rings. The maximum atomic E-state index is 13.4. The summed E-state index contributed by atoms with van der Waals surface area (Å²) in [6.45, 7) is 5.37. The first-order valence-corrected chi connectivity index (χ1v) is 12.8. The summed E-state index contributed by atoms with van der Waals surface area (Å²) < 4.78 is 7.17. The average Bonchev–Trinajstić information content (AvgIpc) is 3.51. The monoisotopic (exact) mass is 532 g/mol. The predicted octanol–water partition coefficient (Wildman–Crippen LogP) is 5.93. The van der Waals surface area contributed by atoms with Gasteiger partial charge in [0, 0.05) is 22.3 Å². The van der Waals surface area contributed by atoms with Crippen LogP contribution in [0.5, 0.6) is 0 Å². The molecule has 0 bridgehead atoms. The summed E-state index contributed by atoms with van der Waals surface area (Å²) in [7, 11) is 0. The SMILES string of the molecule is CC(C)(C)OC(=O)Nc1ccc(Cl)cc1-c1cc2n(c(=O)c1)C(c1ncc(-c3ccc(CO)cc3)[nH]1)CC2. The molecule has 3 heterocycles. The van der Waals surface area contributed by atoms with E-state index in [1.165, 1.54) is 0 Å². The summed E-state index contributed by atoms with van der Waals surface area (Å²) in [6, 6.07) is 16.0. The molecule has 0 saturated carbocycles. The smallest absolute Gasteiger partial charge is 0.412 e. The first-order valence-electron chi connectivity index (χ1n) is 12.4. The number of aromatic nitrogens is 3. The number of nitrogens with zero attached hydrogens (tertiary/aromatic N) is 2. The van der Waals surface area contributed by atoms with Crippen LogP contribution < -0.4 is 10.9 Å². The zero-order valence-electron chi connectivity index (χ0n) is 21.4. The van der Waals surface area contributed by atoms with Crippen LogP contribution in [0.1, 0.15) is 50.3 Å². The minimum absolute atomic E-state index is 0.00792. The third-order valence-electron chi connectivity index (χ3n) is 6.42. The number of amides is 1. The van der Waals surface area contributed by atoms with Gasteiger partial charge in [-0.15, -0.1) is 0 Å². The average molecular weight is 533 g/mol. The molecule has 5 rings (SSSR count). The maximum Gasteiger partial charge on any atom is 0.412 e. The van der Waals surface area contributed by atoms with Crippen molar-refractivity contribution in [3.05, 3.63) is 93.3 Å². The molecule has 0 spiro atoms. The number of H-pyrrole nitrogens is 1. The molecule has 38 heavy (non-hydrogen) atoms. The number of aliphatic hydroxyl groups is 1. The molecule has 1 aliphatic rings. The number of anilines is 1. The Balaban J connectivity index is 1.45. The molecule has 0 aliphatic carbocycles. The van der Waals surface area contributed by atoms with Gasteiger partial charge in [-0.05, 0) is 74.6 Å². The fraction of sp³-hybridized carbons (Fsp3) is 0.276. The second-order valence-corrected chi connectivity index (χ2v) is 10.8. The van der Waals surface area contributed by atoms with E-state index in [2.05, 4.69) is 15.3 Å². The van der Waals surface area contributed by atoms with E-state index in [9.17, 15) is 14.7 Å². The van der Waals surface area contributed by atoms with Crippen LogP contribution in [0.25, 0.3) is 22.4 Å². The van der Waals surface area contributed by atoms with Crippen molar-refractivity contribution in [2.75, 3.05) is 5.32 Å². The number of carbonyl (C=O) groups excluding carboxylic acids is 1. The predicted molar refractivity (Wildman–Crippen MR) is 147 cm³/mol. The third kappa shape index (κ3) is 5.37. The van der Waals surface area contributed by atoms with Crippen molar-refractivity contribution in [1.29, 1.82) is 0 Å². The van der Waals surface area contributed by atoms with Crippen molar-refractivity contribution in [2.24, 2.45) is 0 Å². The molecule has 9 heteroatoms. The lowest BCUT2D eigenvalue weighted by Gasteiger charge is -2.21. The number of aryl methyl sites for hydroxylation is 1. The van der Waals surface area contributed by atoms with E-state index in [0.29, 0.717) is 28.3 Å². The summed E-state index contributed by atoms with van der Waals surface area (Å²) in [5.74, 6) is 0.717. The number of carbonyl (C=O) groups is 1. The van der Waals surface area contributed by atoms with Gasteiger partial charge in [0.15, 0.2) is 0 Å². The van der Waals surface area contributed by atoms with Crippen LogP contribution in [0, 0.1) is 0 Å². The number of nitrogens with one attached hydrogen (secondary N) is 2. The van der Waals surface area contributed by atoms with Crippen LogP contribution in [0.3, 0.4) is 0 Å². The standard InChI is InChI=1S/C29H29ClN4O4/c1-29(2,3)38-28(37)33-23-10-8-20(30)14-22(23)19-12-21-9-11-25(34(21)26(36)13-19)27-31-15-24(32-27)18-6-4-17(16-35)5-7-18/h4-8,10,12-15,25,35H,9,11,16H2,1-3H3,(H,31,32)(H,33,37). The Labute approximate surface area is 225 Å². The number of ether oxygens (including phenoxy) is 1. The van der Waals surface area contributed by atoms with Crippen molar-refractivity contribution in [3.63, 3.8) is 0 Å². The Morgan fingerprint density at radius 2 is 1.92 bits per heavy atom. The lowest BCUT2D eigenvalue weighted by Crippen LogP contribution is -2.27. The summed E-state index contributed by atoms with van der Waals surface area (Å²) in [5, 5.41) is 12.6. The lowest BCUT2D eigenvalue weighted by atomic mass is 10.0. The fourth-order valence-electron chi connectivity index (χ4n) is 4.73. The number of hydrogen-bond acceptors (Lipinski definition) is 5. The zero-order valence-corrected chi connectivity index (χ0v) is 22.2. The normalized spacial score (nSPS) is 14.8. The van der Waals surface area contributed by atoms with Gasteiger partial charge in [-0.3, -0.25) is 10.1 Å². The Hall–Kier alpha value is -3.88. The second kappa shape index (κ2) is 10.1. The molecule has 0 saturated heterocycles. The number of rotatable bonds is 5. The molecular formula is C29H29ClN4O4. The highest BCUT2D eigenvalue weighted by atomic mass is 35.5. The summed E-state index contributed by atoms with van der Waals surface area (Å²) in [6.07, 6.45) is 2.61. The Morgan fingerprint density at radius 1 is 1.16 bits per heavy atom. The molecule has 196 valence electrons. The van der Waals surface area contributed by atoms with Crippen molar-refractivity contribution in [1.82, 2.24) is 14.5 Å². The van der Waals surface area contributed by atoms with Crippen molar-refractivity contribution in [2.45, 2.75) is 51.9 Å². The minimum atomic E-state index is -0.646. The van der Waals surface area contributed by atoms with Crippen LogP contribution in [0.4, 0.5) is 10.5 Å². The van der Waals surface area contributed by atoms with E-state index in [0.717, 1.165) is 34.8 Å². The van der Waals surface area contributed by atoms with Gasteiger partial charge in [-0.25, -0.2) is 9.78 Å². The van der Waals surface area contributed by atoms with Gasteiger partial charge >= 0.3 is 6.09 Å². The molecule has 1 amide bonds. The number of halogens is 1. The van der Waals surface area contributed by atoms with E-state index in [1.807, 2.05) is 30.3 Å². The molecular weight excluding hydrogens is 504 g/mol. The van der Waals surface area contributed by atoms with Gasteiger partial charge in [-0.1, -0.05) is 35.9 Å². The van der Waals surface area contributed by atoms with E-state index >= 15 is 0 Å². The van der Waals surface area contributed by atoms with Gasteiger partial charge < -0.3 is 19.4 Å². The van der Waals surface area contributed by atoms with Crippen molar-refractivity contribution >= 4 is 23.4 Å². The summed E-state index contributed by atoms with van der Waals surface area (Å²) in [4.78, 5) is 33.8. The number of fused-ring (bicyclic) bond motifs is 1. The number of aliphatic hydroxyl groups excluding tert-OH is 1. The highest BCUT2D eigenvalue weighted by Crippen LogP contribution is 2.35. The van der Waals surface area contributed by atoms with Gasteiger partial charge in [0.1, 0.15) is 11.4 Å². The number of imidazole rings is 1. The molecule has 1 unspecified atom stereocenters. The molecule has 3 N–H and O–H groups in total. The Bertz CT molecular complexity index is 1550. The quantitative estimate of drug-likeness (QED) is 0.295. The van der Waals surface area contributed by atoms with Crippen LogP contribution in [-0.2, 0) is 17.8 Å². The van der Waals surface area contributed by atoms with Crippen molar-refractivity contribution < 1.29 is 14.6 Å². The molecule has 8 nitrogen and oxygen atoms in total. The van der Waals surface area contributed by atoms with Gasteiger partial charge in [0.05, 0.1) is 30.2 Å². The van der Waals surface area contributed by atoms with Crippen LogP contribution in [0.2, 0.25) is 5.02 Å². The highest BCUT2D eigenvalue weighted by molar-refractivity contribution is 6.31. The number of aromatic amines is 1. The van der Waals surface area contributed by atoms with E-state index in [1.54, 1.807) is 55.8 Å². The zero-order chi connectivity index (χ0) is 27.0. The van der Waals surface area contributed by atoms with Crippen LogP contribution >= 0.6 is 11.6 Å². The van der Waals surface area contributed by atoms with Crippen LogP contribution in [0.15, 0.2) is 65.6 Å². The van der Waals surface area contributed by atoms with E-state index in [-0.39, 0.29) is 18.2 Å². The van der Waals surface area contributed by atoms with Crippen molar-refractivity contribution in [3.8, 4) is 22.4 Å². The second-order valence-electron chi connectivity index (χ2n) is 10.4. The fourth-order valence-corrected chi connectivity index (χ4v) is 4.90. The molecule has 2 aromatic heterocycles. The first kappa shape index (κ1) is 25.8. The van der Waals surface area contributed by atoms with E-state index < -0.39 is 11.7 Å². The summed E-state index contributed by atoms with van der Waals surface area (Å²) in [5.41, 5.74) is 4.52. The van der Waals surface area contributed by atoms with Gasteiger partial charge in [-0.2, -0.15) is 0 Å². The number of pyridine rings is 1. The third-order valence-corrected chi connectivity index (χ3v) is 6.66. The maximum absolute atomic E-state index is 13.4. The Morgan fingerprint density at radius 3 is 2.63 bits per heavy atom. The Kier molecular flexibility index (Phi) is 6.86. The lowest BCUT2D eigenvalue weighted by molar-refractivity contribution is 0.0636. The molecule has 1 atom stereocenters. The first-order chi connectivity index (χ1) is 18.1. The number of benzene rings is 2. The molecule has 0 radical (unpaired) electrons. The molecule has 1 aliphatic heterocycles. The van der Waals surface area contributed by atoms with Gasteiger partial charge in [0.25, 0.3) is 5.56 Å².